The Hall–Kier alpha value is 0.400. The number of ether oxygens (including phenoxy) is 2. The molecule has 0 aromatic carbocycles. The molecule has 2 rings (SSSR count). The second-order valence-electron chi connectivity index (χ2n) is 5.91. The van der Waals surface area contributed by atoms with Crippen molar-refractivity contribution >= 4 is 15.9 Å². The highest BCUT2D eigenvalue weighted by Gasteiger charge is 2.48. The maximum Gasteiger partial charge on any atom is 0.181 e. The lowest BCUT2D eigenvalue weighted by Gasteiger charge is -2.49. The van der Waals surface area contributed by atoms with Gasteiger partial charge in [-0.2, -0.15) is 0 Å². The van der Waals surface area contributed by atoms with Crippen molar-refractivity contribution in [2.24, 2.45) is 11.3 Å². The molecule has 1 saturated carbocycles. The minimum absolute atomic E-state index is 0.165. The van der Waals surface area contributed by atoms with Crippen LogP contribution in [0.15, 0.2) is 0 Å². The van der Waals surface area contributed by atoms with Crippen molar-refractivity contribution in [3.05, 3.63) is 0 Å². The molecule has 0 N–H and O–H groups in total. The van der Waals surface area contributed by atoms with Crippen LogP contribution in [0.5, 0.6) is 0 Å². The molecular weight excluding hydrogens is 256 g/mol. The molecule has 15 heavy (non-hydrogen) atoms. The van der Waals surface area contributed by atoms with Gasteiger partial charge in [-0.05, 0) is 18.8 Å². The number of rotatable bonds is 0. The van der Waals surface area contributed by atoms with Crippen LogP contribution in [0.2, 0.25) is 0 Å². The average molecular weight is 277 g/mol. The molecule has 1 saturated heterocycles. The van der Waals surface area contributed by atoms with Crippen LogP contribution in [0.1, 0.15) is 40.0 Å². The molecular formula is C12H21BrO2. The van der Waals surface area contributed by atoms with E-state index in [1.54, 1.807) is 0 Å². The topological polar surface area (TPSA) is 18.5 Å². The van der Waals surface area contributed by atoms with Crippen LogP contribution in [-0.4, -0.2) is 23.8 Å². The minimum Gasteiger partial charge on any atom is -0.348 e. The average Bonchev–Trinajstić information content (AvgIpc) is 2.17. The van der Waals surface area contributed by atoms with E-state index in [1.807, 2.05) is 0 Å². The molecule has 1 aliphatic heterocycles. The van der Waals surface area contributed by atoms with Crippen molar-refractivity contribution in [2.45, 2.75) is 50.6 Å². The summed E-state index contributed by atoms with van der Waals surface area (Å²) in [5.74, 6) is 0.368. The highest BCUT2D eigenvalue weighted by Crippen LogP contribution is 2.44. The van der Waals surface area contributed by atoms with Crippen molar-refractivity contribution in [2.75, 3.05) is 13.2 Å². The van der Waals surface area contributed by atoms with E-state index in [1.165, 1.54) is 6.42 Å². The van der Waals surface area contributed by atoms with Crippen molar-refractivity contribution in [3.8, 4) is 0 Å². The Morgan fingerprint density at radius 3 is 2.33 bits per heavy atom. The Bertz CT molecular complexity index is 230. The van der Waals surface area contributed by atoms with Crippen molar-refractivity contribution in [1.29, 1.82) is 0 Å². The first-order valence-corrected chi connectivity index (χ1v) is 6.77. The molecule has 1 aliphatic carbocycles. The molecule has 0 radical (unpaired) electrons. The lowest BCUT2D eigenvalue weighted by Crippen LogP contribution is -2.55. The molecule has 0 unspecified atom stereocenters. The summed E-state index contributed by atoms with van der Waals surface area (Å²) in [6.07, 6.45) is 3.45. The van der Waals surface area contributed by atoms with Gasteiger partial charge >= 0.3 is 0 Å². The maximum atomic E-state index is 6.04. The Labute approximate surface area is 101 Å². The van der Waals surface area contributed by atoms with Gasteiger partial charge < -0.3 is 9.47 Å². The van der Waals surface area contributed by atoms with E-state index in [4.69, 9.17) is 9.47 Å². The largest absolute Gasteiger partial charge is 0.348 e. The summed E-state index contributed by atoms with van der Waals surface area (Å²) in [5, 5.41) is 0. The van der Waals surface area contributed by atoms with Gasteiger partial charge in [-0.15, -0.1) is 0 Å². The van der Waals surface area contributed by atoms with Crippen LogP contribution in [0.3, 0.4) is 0 Å². The van der Waals surface area contributed by atoms with E-state index < -0.39 is 0 Å². The smallest absolute Gasteiger partial charge is 0.181 e. The first-order valence-electron chi connectivity index (χ1n) is 5.86. The van der Waals surface area contributed by atoms with Gasteiger partial charge in [0, 0.05) is 11.8 Å². The van der Waals surface area contributed by atoms with Crippen LogP contribution in [0.25, 0.3) is 0 Å². The van der Waals surface area contributed by atoms with Crippen LogP contribution in [0.4, 0.5) is 0 Å². The van der Waals surface area contributed by atoms with Crippen molar-refractivity contribution in [3.63, 3.8) is 0 Å². The Morgan fingerprint density at radius 2 is 1.73 bits per heavy atom. The van der Waals surface area contributed by atoms with Crippen molar-refractivity contribution < 1.29 is 9.47 Å². The third-order valence-electron chi connectivity index (χ3n) is 3.44. The Balaban J connectivity index is 2.06. The van der Waals surface area contributed by atoms with Crippen LogP contribution >= 0.6 is 15.9 Å². The standard InChI is InChI=1S/C12H21BrO2/c1-9-4-5-10(13)12(6-9)14-7-11(2,3)8-15-12/h9-10H,4-8H2,1-3H3/t9-,10-/m0/s1. The van der Waals surface area contributed by atoms with Crippen LogP contribution in [0, 0.1) is 11.3 Å². The third kappa shape index (κ3) is 2.40. The molecule has 0 amide bonds. The van der Waals surface area contributed by atoms with Gasteiger partial charge in [-0.3, -0.25) is 0 Å². The molecule has 2 fully saturated rings. The summed E-state index contributed by atoms with van der Waals surface area (Å²) in [7, 11) is 0. The zero-order valence-corrected chi connectivity index (χ0v) is 11.5. The Kier molecular flexibility index (Phi) is 3.17. The predicted molar refractivity (Wildman–Crippen MR) is 64.1 cm³/mol. The molecule has 1 heterocycles. The molecule has 3 heteroatoms. The lowest BCUT2D eigenvalue weighted by molar-refractivity contribution is -0.310. The van der Waals surface area contributed by atoms with E-state index >= 15 is 0 Å². The van der Waals surface area contributed by atoms with Gasteiger partial charge in [0.25, 0.3) is 0 Å². The fraction of sp³-hybridized carbons (Fsp3) is 1.00. The normalized spacial score (nSPS) is 39.2. The summed E-state index contributed by atoms with van der Waals surface area (Å²) in [5.41, 5.74) is 0.165. The van der Waals surface area contributed by atoms with Crippen LogP contribution < -0.4 is 0 Å². The zero-order chi connectivity index (χ0) is 11.1. The Morgan fingerprint density at radius 1 is 1.13 bits per heavy atom. The number of hydrogen-bond donors (Lipinski definition) is 0. The first-order chi connectivity index (χ1) is 6.94. The molecule has 0 aromatic rings. The van der Waals surface area contributed by atoms with E-state index in [0.717, 1.165) is 26.1 Å². The quantitative estimate of drug-likeness (QED) is 0.632. The summed E-state index contributed by atoms with van der Waals surface area (Å²) >= 11 is 3.72. The second kappa shape index (κ2) is 4.01. The van der Waals surface area contributed by atoms with Gasteiger partial charge in [-0.25, -0.2) is 0 Å². The fourth-order valence-electron chi connectivity index (χ4n) is 2.38. The highest BCUT2D eigenvalue weighted by molar-refractivity contribution is 9.09. The van der Waals surface area contributed by atoms with E-state index in [9.17, 15) is 0 Å². The summed E-state index contributed by atoms with van der Waals surface area (Å²) < 4.78 is 12.1. The lowest BCUT2D eigenvalue weighted by atomic mass is 9.84. The molecule has 0 bridgehead atoms. The molecule has 2 nitrogen and oxygen atoms in total. The molecule has 2 atom stereocenters. The monoisotopic (exact) mass is 276 g/mol. The molecule has 2 aliphatic rings. The SMILES string of the molecule is C[C@H]1CC[C@H](Br)C2(C1)OCC(C)(C)CO2. The predicted octanol–water partition coefficient (Wildman–Crippen LogP) is 3.34. The van der Waals surface area contributed by atoms with E-state index in [2.05, 4.69) is 36.7 Å². The summed E-state index contributed by atoms with van der Waals surface area (Å²) in [4.78, 5) is 0.359. The maximum absolute atomic E-state index is 6.04. The zero-order valence-electron chi connectivity index (χ0n) is 9.88. The number of alkyl halides is 1. The van der Waals surface area contributed by atoms with Gasteiger partial charge in [-0.1, -0.05) is 36.7 Å². The van der Waals surface area contributed by atoms with Gasteiger partial charge in [0.15, 0.2) is 5.79 Å². The molecule has 0 aromatic heterocycles. The van der Waals surface area contributed by atoms with E-state index in [-0.39, 0.29) is 11.2 Å². The van der Waals surface area contributed by atoms with Gasteiger partial charge in [0.1, 0.15) is 0 Å². The third-order valence-corrected chi connectivity index (χ3v) is 4.59. The molecule has 1 spiro atoms. The van der Waals surface area contributed by atoms with E-state index in [0.29, 0.717) is 10.7 Å². The summed E-state index contributed by atoms with van der Waals surface area (Å²) in [6, 6.07) is 0. The van der Waals surface area contributed by atoms with Gasteiger partial charge in [0.05, 0.1) is 18.0 Å². The first kappa shape index (κ1) is 11.9. The number of hydrogen-bond acceptors (Lipinski definition) is 2. The second-order valence-corrected chi connectivity index (χ2v) is 7.01. The number of halogens is 1. The van der Waals surface area contributed by atoms with Crippen molar-refractivity contribution in [1.82, 2.24) is 0 Å². The fourth-order valence-corrected chi connectivity index (χ4v) is 3.10. The summed E-state index contributed by atoms with van der Waals surface area (Å²) in [6.45, 7) is 8.28. The molecule has 88 valence electrons. The van der Waals surface area contributed by atoms with Gasteiger partial charge in [0.2, 0.25) is 0 Å². The minimum atomic E-state index is -0.340. The highest BCUT2D eigenvalue weighted by atomic mass is 79.9. The van der Waals surface area contributed by atoms with Crippen LogP contribution in [-0.2, 0) is 9.47 Å².